The van der Waals surface area contributed by atoms with Crippen LogP contribution in [0.1, 0.15) is 38.3 Å². The lowest BCUT2D eigenvalue weighted by Crippen LogP contribution is -2.36. The number of sulfonamides is 1. The van der Waals surface area contributed by atoms with E-state index in [0.717, 1.165) is 17.5 Å². The van der Waals surface area contributed by atoms with Gasteiger partial charge in [0.1, 0.15) is 4.90 Å². The van der Waals surface area contributed by atoms with Crippen molar-refractivity contribution in [3.05, 3.63) is 23.3 Å². The molecule has 1 atom stereocenters. The summed E-state index contributed by atoms with van der Waals surface area (Å²) in [6.45, 7) is 9.80. The lowest BCUT2D eigenvalue weighted by atomic mass is 10.1. The first-order valence-corrected chi connectivity index (χ1v) is 8.36. The summed E-state index contributed by atoms with van der Waals surface area (Å²) < 4.78 is 27.0. The van der Waals surface area contributed by atoms with Gasteiger partial charge in [-0.1, -0.05) is 19.9 Å². The minimum absolute atomic E-state index is 0.0562. The van der Waals surface area contributed by atoms with E-state index < -0.39 is 10.0 Å². The van der Waals surface area contributed by atoms with E-state index in [0.29, 0.717) is 11.6 Å². The van der Waals surface area contributed by atoms with Crippen LogP contribution in [0.15, 0.2) is 17.0 Å². The third-order valence-electron chi connectivity index (χ3n) is 3.78. The van der Waals surface area contributed by atoms with Crippen molar-refractivity contribution >= 4 is 15.7 Å². The van der Waals surface area contributed by atoms with Crippen LogP contribution in [0.5, 0.6) is 0 Å². The Hall–Kier alpha value is -1.07. The fourth-order valence-corrected chi connectivity index (χ4v) is 4.13. The summed E-state index contributed by atoms with van der Waals surface area (Å²) in [5.74, 6) is 0.443. The molecule has 0 saturated carbocycles. The first kappa shape index (κ1) is 17.0. The highest BCUT2D eigenvalue weighted by Gasteiger charge is 2.29. The third kappa shape index (κ3) is 3.33. The van der Waals surface area contributed by atoms with Crippen molar-refractivity contribution in [2.75, 3.05) is 12.8 Å². The Morgan fingerprint density at radius 3 is 2.25 bits per heavy atom. The van der Waals surface area contributed by atoms with Crippen LogP contribution in [0.25, 0.3) is 0 Å². The van der Waals surface area contributed by atoms with Crippen LogP contribution in [0, 0.1) is 19.8 Å². The molecule has 5 heteroatoms. The van der Waals surface area contributed by atoms with Gasteiger partial charge in [-0.05, 0) is 50.3 Å². The largest absolute Gasteiger partial charge is 0.398 e. The fourth-order valence-electron chi connectivity index (χ4n) is 2.37. The molecular weight excluding hydrogens is 272 g/mol. The van der Waals surface area contributed by atoms with Crippen molar-refractivity contribution in [1.82, 2.24) is 4.31 Å². The summed E-state index contributed by atoms with van der Waals surface area (Å²) in [5, 5.41) is 0. The Morgan fingerprint density at radius 2 is 1.75 bits per heavy atom. The molecule has 0 aliphatic rings. The fraction of sp³-hybridized carbons (Fsp3) is 0.600. The molecule has 20 heavy (non-hydrogen) atoms. The molecular formula is C15H26N2O2S. The summed E-state index contributed by atoms with van der Waals surface area (Å²) in [6.07, 6.45) is 0.820. The average Bonchev–Trinajstić information content (AvgIpc) is 2.32. The van der Waals surface area contributed by atoms with Gasteiger partial charge in [0.2, 0.25) is 10.0 Å². The number of hydrogen-bond donors (Lipinski definition) is 1. The molecule has 114 valence electrons. The molecule has 0 aliphatic carbocycles. The van der Waals surface area contributed by atoms with Crippen LogP contribution in [0.2, 0.25) is 0 Å². The molecule has 0 bridgehead atoms. The highest BCUT2D eigenvalue weighted by molar-refractivity contribution is 7.89. The average molecular weight is 298 g/mol. The van der Waals surface area contributed by atoms with Crippen molar-refractivity contribution in [3.63, 3.8) is 0 Å². The van der Waals surface area contributed by atoms with E-state index >= 15 is 0 Å². The van der Waals surface area contributed by atoms with Crippen LogP contribution in [-0.4, -0.2) is 25.8 Å². The number of hydrogen-bond acceptors (Lipinski definition) is 3. The number of nitrogen functional groups attached to an aromatic ring is 1. The van der Waals surface area contributed by atoms with Gasteiger partial charge in [-0.25, -0.2) is 8.42 Å². The highest BCUT2D eigenvalue weighted by Crippen LogP contribution is 2.29. The highest BCUT2D eigenvalue weighted by atomic mass is 32.2. The van der Waals surface area contributed by atoms with Crippen LogP contribution < -0.4 is 5.73 Å². The van der Waals surface area contributed by atoms with Gasteiger partial charge in [-0.15, -0.1) is 0 Å². The first-order valence-electron chi connectivity index (χ1n) is 6.92. The Balaban J connectivity index is 3.27. The standard InChI is InChI=1S/C15H26N2O2S/c1-10(2)9-12(4)17(6)20(18,19)15-13(5)11(3)7-8-14(15)16/h7-8,10,12H,9,16H2,1-6H3. The maximum Gasteiger partial charge on any atom is 0.245 e. The summed E-state index contributed by atoms with van der Waals surface area (Å²) in [6, 6.07) is 3.46. The van der Waals surface area contributed by atoms with Crippen LogP contribution in [0.4, 0.5) is 5.69 Å². The second-order valence-electron chi connectivity index (χ2n) is 5.93. The Morgan fingerprint density at radius 1 is 1.20 bits per heavy atom. The van der Waals surface area contributed by atoms with Gasteiger partial charge in [-0.3, -0.25) is 0 Å². The maximum atomic E-state index is 12.8. The van der Waals surface area contributed by atoms with Gasteiger partial charge in [0.15, 0.2) is 0 Å². The predicted octanol–water partition coefficient (Wildman–Crippen LogP) is 2.94. The van der Waals surface area contributed by atoms with Gasteiger partial charge in [0.05, 0.1) is 5.69 Å². The van der Waals surface area contributed by atoms with Gasteiger partial charge in [0.25, 0.3) is 0 Å². The van der Waals surface area contributed by atoms with Gasteiger partial charge in [0, 0.05) is 13.1 Å². The summed E-state index contributed by atoms with van der Waals surface area (Å²) >= 11 is 0. The molecule has 0 saturated heterocycles. The molecule has 2 N–H and O–H groups in total. The van der Waals surface area contributed by atoms with Crippen LogP contribution in [0.3, 0.4) is 0 Å². The molecule has 1 rings (SSSR count). The maximum absolute atomic E-state index is 12.8. The van der Waals surface area contributed by atoms with E-state index in [4.69, 9.17) is 5.73 Å². The number of nitrogens with two attached hydrogens (primary N) is 1. The number of anilines is 1. The molecule has 1 unspecified atom stereocenters. The molecule has 1 aromatic carbocycles. The minimum atomic E-state index is -3.56. The minimum Gasteiger partial charge on any atom is -0.398 e. The SMILES string of the molecule is Cc1ccc(N)c(S(=O)(=O)N(C)C(C)CC(C)C)c1C. The molecule has 0 amide bonds. The Labute approximate surface area is 123 Å². The second kappa shape index (κ2) is 6.14. The van der Waals surface area contributed by atoms with Gasteiger partial charge in [-0.2, -0.15) is 4.31 Å². The van der Waals surface area contributed by atoms with Crippen molar-refractivity contribution in [1.29, 1.82) is 0 Å². The van der Waals surface area contributed by atoms with Crippen molar-refractivity contribution in [3.8, 4) is 0 Å². The van der Waals surface area contributed by atoms with Gasteiger partial charge >= 0.3 is 0 Å². The number of benzene rings is 1. The third-order valence-corrected chi connectivity index (χ3v) is 5.95. The summed E-state index contributed by atoms with van der Waals surface area (Å²) in [5.41, 5.74) is 7.89. The second-order valence-corrected chi connectivity index (χ2v) is 7.86. The zero-order valence-electron chi connectivity index (χ0n) is 13.3. The number of nitrogens with zero attached hydrogens (tertiary/aromatic N) is 1. The quantitative estimate of drug-likeness (QED) is 0.850. The van der Waals surface area contributed by atoms with Crippen LogP contribution in [-0.2, 0) is 10.0 Å². The molecule has 0 fully saturated rings. The molecule has 0 spiro atoms. The lowest BCUT2D eigenvalue weighted by molar-refractivity contribution is 0.338. The zero-order valence-corrected chi connectivity index (χ0v) is 14.1. The molecule has 4 nitrogen and oxygen atoms in total. The molecule has 0 aromatic heterocycles. The molecule has 0 radical (unpaired) electrons. The monoisotopic (exact) mass is 298 g/mol. The van der Waals surface area contributed by atoms with Crippen LogP contribution >= 0.6 is 0 Å². The lowest BCUT2D eigenvalue weighted by Gasteiger charge is -2.27. The number of aryl methyl sites for hydroxylation is 1. The summed E-state index contributed by atoms with van der Waals surface area (Å²) in [7, 11) is -1.93. The van der Waals surface area contributed by atoms with Crippen molar-refractivity contribution < 1.29 is 8.42 Å². The van der Waals surface area contributed by atoms with E-state index in [9.17, 15) is 8.42 Å². The van der Waals surface area contributed by atoms with Gasteiger partial charge < -0.3 is 5.73 Å². The predicted molar refractivity (Wildman–Crippen MR) is 84.2 cm³/mol. The molecule has 0 heterocycles. The van der Waals surface area contributed by atoms with Crippen molar-refractivity contribution in [2.24, 2.45) is 5.92 Å². The molecule has 0 aliphatic heterocycles. The van der Waals surface area contributed by atoms with E-state index in [2.05, 4.69) is 13.8 Å². The summed E-state index contributed by atoms with van der Waals surface area (Å²) in [4.78, 5) is 0.246. The first-order chi connectivity index (χ1) is 9.09. The molecule has 1 aromatic rings. The zero-order chi connectivity index (χ0) is 15.7. The van der Waals surface area contributed by atoms with E-state index in [1.165, 1.54) is 4.31 Å². The van der Waals surface area contributed by atoms with E-state index in [1.807, 2.05) is 19.9 Å². The van der Waals surface area contributed by atoms with E-state index in [-0.39, 0.29) is 10.9 Å². The smallest absolute Gasteiger partial charge is 0.245 e. The normalized spacial score (nSPS) is 14.0. The Bertz CT molecular complexity index is 580. The van der Waals surface area contributed by atoms with Crippen molar-refractivity contribution in [2.45, 2.75) is 52.0 Å². The Kier molecular flexibility index (Phi) is 5.21. The number of rotatable bonds is 5. The topological polar surface area (TPSA) is 63.4 Å². The van der Waals surface area contributed by atoms with E-state index in [1.54, 1.807) is 20.0 Å².